The summed E-state index contributed by atoms with van der Waals surface area (Å²) in [5.41, 5.74) is 7.96. The molecule has 0 radical (unpaired) electrons. The van der Waals surface area contributed by atoms with Gasteiger partial charge in [0.15, 0.2) is 0 Å². The summed E-state index contributed by atoms with van der Waals surface area (Å²) < 4.78 is 0. The Hall–Kier alpha value is -2.00. The highest BCUT2D eigenvalue weighted by atomic mass is 32.2. The number of anilines is 2. The van der Waals surface area contributed by atoms with Crippen LogP contribution in [0.25, 0.3) is 0 Å². The van der Waals surface area contributed by atoms with Crippen molar-refractivity contribution in [1.29, 1.82) is 0 Å². The van der Waals surface area contributed by atoms with Gasteiger partial charge in [0.1, 0.15) is 6.29 Å². The van der Waals surface area contributed by atoms with Gasteiger partial charge in [0.05, 0.1) is 5.69 Å². The zero-order valence-electron chi connectivity index (χ0n) is 18.4. The lowest BCUT2D eigenvalue weighted by atomic mass is 10.1. The monoisotopic (exact) mass is 462 g/mol. The smallest absolute Gasteiger partial charge is 0.211 e. The zero-order chi connectivity index (χ0) is 23.1. The number of rotatable bonds is 6. The van der Waals surface area contributed by atoms with Gasteiger partial charge >= 0.3 is 0 Å². The molecule has 31 heavy (non-hydrogen) atoms. The van der Waals surface area contributed by atoms with Gasteiger partial charge in [-0.1, -0.05) is 19.9 Å². The number of nitrogens with one attached hydrogen (secondary N) is 3. The number of thiol groups is 1. The van der Waals surface area contributed by atoms with Crippen molar-refractivity contribution < 1.29 is 9.59 Å². The highest BCUT2D eigenvalue weighted by molar-refractivity contribution is 8.00. The number of benzene rings is 2. The van der Waals surface area contributed by atoms with Crippen molar-refractivity contribution in [1.82, 2.24) is 5.32 Å². The van der Waals surface area contributed by atoms with E-state index in [0.29, 0.717) is 29.0 Å². The predicted molar refractivity (Wildman–Crippen MR) is 136 cm³/mol. The molecule has 1 saturated heterocycles. The number of hydrogen-bond acceptors (Lipinski definition) is 7. The van der Waals surface area contributed by atoms with Crippen LogP contribution in [0.4, 0.5) is 11.4 Å². The van der Waals surface area contributed by atoms with Crippen molar-refractivity contribution in [3.05, 3.63) is 48.0 Å². The number of hydrogen-bond donors (Lipinski definition) is 5. The second-order valence-corrected chi connectivity index (χ2v) is 9.32. The molecule has 0 aromatic heterocycles. The molecule has 170 valence electrons. The van der Waals surface area contributed by atoms with E-state index in [1.807, 2.05) is 37.4 Å². The zero-order valence-corrected chi connectivity index (χ0v) is 20.1. The van der Waals surface area contributed by atoms with Crippen LogP contribution in [0.5, 0.6) is 0 Å². The molecule has 1 fully saturated rings. The number of amides is 1. The van der Waals surface area contributed by atoms with Gasteiger partial charge in [-0.2, -0.15) is 0 Å². The summed E-state index contributed by atoms with van der Waals surface area (Å²) in [7, 11) is 1.90. The van der Waals surface area contributed by atoms with Crippen LogP contribution in [0.15, 0.2) is 52.3 Å². The number of aldehydes is 1. The predicted octanol–water partition coefficient (Wildman–Crippen LogP) is 4.28. The summed E-state index contributed by atoms with van der Waals surface area (Å²) >= 11 is 5.79. The molecule has 0 unspecified atom stereocenters. The van der Waals surface area contributed by atoms with Crippen molar-refractivity contribution in [2.24, 2.45) is 5.73 Å². The molecular weight excluding hydrogens is 428 g/mol. The Morgan fingerprint density at radius 1 is 1.13 bits per heavy atom. The molecule has 1 amide bonds. The number of thioether (sulfide) groups is 1. The molecule has 2 aromatic rings. The van der Waals surface area contributed by atoms with E-state index in [1.165, 1.54) is 0 Å². The summed E-state index contributed by atoms with van der Waals surface area (Å²) in [5, 5.41) is 9.28. The standard InChI is InChI=1S/C11H13NO2S.C7H9NS.C5H12N2/c1-8(2)15-11-4-3-9(6-13)5-10(11)12-7-14;1-8-6-2-4-7(9)5-3-6;6-5-1-3-7-4-2-5/h3-8H,1-2H3,(H,12,14);2-5,8-9H,1H3;5,7H,1-4,6H2. The summed E-state index contributed by atoms with van der Waals surface area (Å²) in [6.07, 6.45) is 3.69. The second kappa shape index (κ2) is 15.8. The minimum atomic E-state index is 0.430. The molecule has 5 N–H and O–H groups in total. The quantitative estimate of drug-likeness (QED) is 0.250. The lowest BCUT2D eigenvalue weighted by Gasteiger charge is -2.17. The topological polar surface area (TPSA) is 96.2 Å². The Labute approximate surface area is 195 Å². The van der Waals surface area contributed by atoms with Crippen LogP contribution >= 0.6 is 24.4 Å². The normalized spacial score (nSPS) is 13.2. The minimum absolute atomic E-state index is 0.430. The molecule has 1 aliphatic heterocycles. The molecule has 0 atom stereocenters. The first-order valence-electron chi connectivity index (χ1n) is 10.3. The molecular formula is C23H34N4O2S2. The lowest BCUT2D eigenvalue weighted by molar-refractivity contribution is -0.105. The summed E-state index contributed by atoms with van der Waals surface area (Å²) in [4.78, 5) is 22.9. The van der Waals surface area contributed by atoms with E-state index in [2.05, 4.69) is 42.4 Å². The fourth-order valence-corrected chi connectivity index (χ4v) is 3.67. The van der Waals surface area contributed by atoms with Gasteiger partial charge in [-0.15, -0.1) is 24.4 Å². The van der Waals surface area contributed by atoms with Gasteiger partial charge in [0.25, 0.3) is 0 Å². The average Bonchev–Trinajstić information content (AvgIpc) is 2.77. The maximum absolute atomic E-state index is 10.6. The fraction of sp³-hybridized carbons (Fsp3) is 0.391. The number of carbonyl (C=O) groups excluding carboxylic acids is 2. The molecule has 3 rings (SSSR count). The molecule has 2 aromatic carbocycles. The van der Waals surface area contributed by atoms with Gasteiger partial charge in [-0.3, -0.25) is 9.59 Å². The van der Waals surface area contributed by atoms with E-state index >= 15 is 0 Å². The molecule has 0 spiro atoms. The van der Waals surface area contributed by atoms with E-state index in [0.717, 1.165) is 47.7 Å². The van der Waals surface area contributed by atoms with Crippen LogP contribution in [-0.2, 0) is 4.79 Å². The first kappa shape index (κ1) is 27.0. The first-order valence-corrected chi connectivity index (χ1v) is 11.6. The largest absolute Gasteiger partial charge is 0.388 e. The number of piperidine rings is 1. The summed E-state index contributed by atoms with van der Waals surface area (Å²) in [6.45, 7) is 6.37. The molecule has 0 bridgehead atoms. The van der Waals surface area contributed by atoms with Crippen LogP contribution in [0.3, 0.4) is 0 Å². The van der Waals surface area contributed by atoms with Crippen LogP contribution < -0.4 is 21.7 Å². The van der Waals surface area contributed by atoms with Crippen LogP contribution in [-0.4, -0.2) is 44.1 Å². The molecule has 6 nitrogen and oxygen atoms in total. The Bertz CT molecular complexity index is 780. The van der Waals surface area contributed by atoms with Crippen LogP contribution in [0.2, 0.25) is 0 Å². The van der Waals surface area contributed by atoms with Gasteiger partial charge in [-0.25, -0.2) is 0 Å². The van der Waals surface area contributed by atoms with Gasteiger partial charge in [-0.05, 0) is 62.3 Å². The van der Waals surface area contributed by atoms with E-state index in [-0.39, 0.29) is 0 Å². The van der Waals surface area contributed by atoms with Crippen molar-refractivity contribution in [2.45, 2.75) is 47.8 Å². The van der Waals surface area contributed by atoms with Gasteiger partial charge < -0.3 is 21.7 Å². The molecule has 8 heteroatoms. The van der Waals surface area contributed by atoms with E-state index in [1.54, 1.807) is 23.9 Å². The molecule has 1 aliphatic rings. The number of nitrogens with two attached hydrogens (primary N) is 1. The SMILES string of the molecule is CC(C)Sc1ccc(C=O)cc1NC=O.CNc1ccc(S)cc1.NC1CCNCC1. The van der Waals surface area contributed by atoms with Gasteiger partial charge in [0.2, 0.25) is 6.41 Å². The Balaban J connectivity index is 0.000000254. The third-order valence-corrected chi connectivity index (χ3v) is 5.64. The minimum Gasteiger partial charge on any atom is -0.388 e. The van der Waals surface area contributed by atoms with Crippen LogP contribution in [0.1, 0.15) is 37.0 Å². The third-order valence-electron chi connectivity index (χ3n) is 4.26. The summed E-state index contributed by atoms with van der Waals surface area (Å²) in [5.74, 6) is 0. The van der Waals surface area contributed by atoms with E-state index in [9.17, 15) is 9.59 Å². The first-order chi connectivity index (χ1) is 14.9. The Morgan fingerprint density at radius 3 is 2.23 bits per heavy atom. The van der Waals surface area contributed by atoms with Crippen molar-refractivity contribution in [3.63, 3.8) is 0 Å². The van der Waals surface area contributed by atoms with E-state index in [4.69, 9.17) is 5.73 Å². The Morgan fingerprint density at radius 2 is 1.77 bits per heavy atom. The average molecular weight is 463 g/mol. The highest BCUT2D eigenvalue weighted by Crippen LogP contribution is 2.30. The maximum Gasteiger partial charge on any atom is 0.211 e. The molecule has 0 aliphatic carbocycles. The van der Waals surface area contributed by atoms with Crippen molar-refractivity contribution in [2.75, 3.05) is 30.8 Å². The van der Waals surface area contributed by atoms with Crippen molar-refractivity contribution in [3.8, 4) is 0 Å². The third kappa shape index (κ3) is 11.8. The molecule has 1 heterocycles. The second-order valence-electron chi connectivity index (χ2n) is 7.19. The number of carbonyl (C=O) groups is 2. The van der Waals surface area contributed by atoms with Crippen molar-refractivity contribution >= 4 is 48.5 Å². The fourth-order valence-electron chi connectivity index (χ4n) is 2.63. The Kier molecular flexibility index (Phi) is 13.7. The highest BCUT2D eigenvalue weighted by Gasteiger charge is 2.06. The van der Waals surface area contributed by atoms with E-state index < -0.39 is 0 Å². The van der Waals surface area contributed by atoms with Crippen LogP contribution in [0, 0.1) is 0 Å². The summed E-state index contributed by atoms with van der Waals surface area (Å²) in [6, 6.07) is 13.6. The maximum atomic E-state index is 10.6. The van der Waals surface area contributed by atoms with Gasteiger partial charge in [0, 0.05) is 39.4 Å². The lowest BCUT2D eigenvalue weighted by Crippen LogP contribution is -2.35. The molecule has 0 saturated carbocycles.